The highest BCUT2D eigenvalue weighted by Gasteiger charge is 2.28. The smallest absolute Gasteiger partial charge is 0.243 e. The van der Waals surface area contributed by atoms with E-state index in [-0.39, 0.29) is 16.6 Å². The van der Waals surface area contributed by atoms with Gasteiger partial charge in [0.15, 0.2) is 5.16 Å². The summed E-state index contributed by atoms with van der Waals surface area (Å²) in [5, 5.41) is 3.62. The highest BCUT2D eigenvalue weighted by atomic mass is 32.2. The molecular formula is C23H29N5O3S2. The molecule has 0 radical (unpaired) electrons. The predicted molar refractivity (Wildman–Crippen MR) is 132 cm³/mol. The number of benzene rings is 2. The maximum atomic E-state index is 13.1. The first kappa shape index (κ1) is 23.7. The standard InChI is InChI=1S/C23H29N5O3S2/c1-3-26-12-14-27(15-13-26)33(30,31)19-9-7-8-18(16-19)24-22(29)17-32-23-25-20-10-5-6-11-21(20)28(23)4-2/h5-11,16H,3-4,12-15,17H2,1-2H3,(H,24,29). The van der Waals surface area contributed by atoms with Gasteiger partial charge >= 0.3 is 0 Å². The number of para-hydroxylation sites is 2. The summed E-state index contributed by atoms with van der Waals surface area (Å²) in [6, 6.07) is 14.4. The van der Waals surface area contributed by atoms with Crippen LogP contribution in [0.2, 0.25) is 0 Å². The molecule has 0 aliphatic carbocycles. The van der Waals surface area contributed by atoms with E-state index in [0.717, 1.165) is 42.4 Å². The topological polar surface area (TPSA) is 87.5 Å². The summed E-state index contributed by atoms with van der Waals surface area (Å²) in [5.74, 6) is -0.0277. The van der Waals surface area contributed by atoms with Crippen LogP contribution in [0.1, 0.15) is 13.8 Å². The zero-order valence-corrected chi connectivity index (χ0v) is 20.5. The van der Waals surface area contributed by atoms with Gasteiger partial charge in [-0.15, -0.1) is 0 Å². The summed E-state index contributed by atoms with van der Waals surface area (Å²) in [6.07, 6.45) is 0. The van der Waals surface area contributed by atoms with Crippen LogP contribution in [0.5, 0.6) is 0 Å². The summed E-state index contributed by atoms with van der Waals surface area (Å²) in [7, 11) is -3.59. The van der Waals surface area contributed by atoms with Crippen molar-refractivity contribution in [3.63, 3.8) is 0 Å². The molecule has 2 heterocycles. The fourth-order valence-corrected chi connectivity index (χ4v) is 6.31. The number of piperazine rings is 1. The van der Waals surface area contributed by atoms with Gasteiger partial charge in [-0.05, 0) is 43.8 Å². The number of aryl methyl sites for hydroxylation is 1. The molecule has 0 atom stereocenters. The number of anilines is 1. The molecule has 0 saturated carbocycles. The van der Waals surface area contributed by atoms with Gasteiger partial charge in [0.1, 0.15) is 0 Å². The van der Waals surface area contributed by atoms with Crippen molar-refractivity contribution >= 4 is 44.4 Å². The molecule has 0 spiro atoms. The Hall–Kier alpha value is -2.40. The van der Waals surface area contributed by atoms with Crippen molar-refractivity contribution in [2.75, 3.05) is 43.8 Å². The second kappa shape index (κ2) is 10.3. The third kappa shape index (κ3) is 5.24. The molecule has 1 aliphatic heterocycles. The molecule has 1 fully saturated rings. The van der Waals surface area contributed by atoms with E-state index in [0.29, 0.717) is 18.8 Å². The lowest BCUT2D eigenvalue weighted by atomic mass is 10.3. The van der Waals surface area contributed by atoms with Crippen molar-refractivity contribution in [2.24, 2.45) is 0 Å². The lowest BCUT2D eigenvalue weighted by molar-refractivity contribution is -0.113. The summed E-state index contributed by atoms with van der Waals surface area (Å²) in [6.45, 7) is 8.21. The largest absolute Gasteiger partial charge is 0.325 e. The molecule has 1 aromatic heterocycles. The molecule has 10 heteroatoms. The summed E-state index contributed by atoms with van der Waals surface area (Å²) < 4.78 is 29.7. The average molecular weight is 488 g/mol. The minimum atomic E-state index is -3.59. The number of nitrogens with one attached hydrogen (secondary N) is 1. The van der Waals surface area contributed by atoms with Crippen LogP contribution in [-0.2, 0) is 21.4 Å². The van der Waals surface area contributed by atoms with Gasteiger partial charge in [-0.3, -0.25) is 4.79 Å². The molecule has 1 amide bonds. The Morgan fingerprint density at radius 1 is 1.03 bits per heavy atom. The molecule has 176 valence electrons. The van der Waals surface area contributed by atoms with Crippen molar-refractivity contribution in [1.82, 2.24) is 18.8 Å². The average Bonchev–Trinajstić information content (AvgIpc) is 3.20. The fourth-order valence-electron chi connectivity index (χ4n) is 3.97. The Bertz CT molecular complexity index is 1230. The number of fused-ring (bicyclic) bond motifs is 1. The number of hydrogen-bond acceptors (Lipinski definition) is 6. The summed E-state index contributed by atoms with van der Waals surface area (Å²) in [4.78, 5) is 19.7. The van der Waals surface area contributed by atoms with Crippen molar-refractivity contribution in [3.8, 4) is 0 Å². The minimum absolute atomic E-state index is 0.180. The molecule has 4 rings (SSSR count). The molecule has 2 aromatic carbocycles. The Kier molecular flexibility index (Phi) is 7.38. The van der Waals surface area contributed by atoms with Gasteiger partial charge in [-0.1, -0.05) is 36.9 Å². The molecule has 3 aromatic rings. The SMILES string of the molecule is CCN1CCN(S(=O)(=O)c2cccc(NC(=O)CSc3nc4ccccc4n3CC)c2)CC1. The lowest BCUT2D eigenvalue weighted by Crippen LogP contribution is -2.48. The number of carbonyl (C=O) groups is 1. The molecule has 0 unspecified atom stereocenters. The van der Waals surface area contributed by atoms with E-state index < -0.39 is 10.0 Å². The number of likely N-dealkylation sites (N-methyl/N-ethyl adjacent to an activating group) is 1. The van der Waals surface area contributed by atoms with E-state index in [1.807, 2.05) is 31.2 Å². The van der Waals surface area contributed by atoms with Gasteiger partial charge in [0.05, 0.1) is 21.7 Å². The van der Waals surface area contributed by atoms with Gasteiger partial charge in [-0.25, -0.2) is 13.4 Å². The number of thioether (sulfide) groups is 1. The quantitative estimate of drug-likeness (QED) is 0.491. The van der Waals surface area contributed by atoms with Gasteiger partial charge < -0.3 is 14.8 Å². The number of sulfonamides is 1. The monoisotopic (exact) mass is 487 g/mol. The van der Waals surface area contributed by atoms with E-state index in [1.165, 1.54) is 22.1 Å². The maximum Gasteiger partial charge on any atom is 0.243 e. The van der Waals surface area contributed by atoms with Crippen LogP contribution in [-0.4, -0.2) is 71.6 Å². The van der Waals surface area contributed by atoms with Crippen molar-refractivity contribution in [3.05, 3.63) is 48.5 Å². The number of hydrogen-bond donors (Lipinski definition) is 1. The van der Waals surface area contributed by atoms with E-state index in [4.69, 9.17) is 0 Å². The van der Waals surface area contributed by atoms with Crippen molar-refractivity contribution in [1.29, 1.82) is 0 Å². The molecule has 0 bridgehead atoms. The van der Waals surface area contributed by atoms with E-state index in [1.54, 1.807) is 18.2 Å². The normalized spacial score (nSPS) is 15.7. The van der Waals surface area contributed by atoms with Crippen LogP contribution in [0, 0.1) is 0 Å². The number of carbonyl (C=O) groups excluding carboxylic acids is 1. The number of imidazole rings is 1. The van der Waals surface area contributed by atoms with Crippen LogP contribution in [0.15, 0.2) is 58.6 Å². The summed E-state index contributed by atoms with van der Waals surface area (Å²) >= 11 is 1.37. The molecule has 1 N–H and O–H groups in total. The van der Waals surface area contributed by atoms with Gasteiger partial charge in [0.2, 0.25) is 15.9 Å². The maximum absolute atomic E-state index is 13.1. The van der Waals surface area contributed by atoms with Crippen molar-refractivity contribution in [2.45, 2.75) is 30.4 Å². The van der Waals surface area contributed by atoms with Gasteiger partial charge in [0.25, 0.3) is 0 Å². The second-order valence-corrected chi connectivity index (χ2v) is 10.7. The van der Waals surface area contributed by atoms with Gasteiger partial charge in [0, 0.05) is 38.4 Å². The highest BCUT2D eigenvalue weighted by Crippen LogP contribution is 2.25. The highest BCUT2D eigenvalue weighted by molar-refractivity contribution is 7.99. The first-order chi connectivity index (χ1) is 15.9. The fraction of sp³-hybridized carbons (Fsp3) is 0.391. The molecule has 1 saturated heterocycles. The van der Waals surface area contributed by atoms with E-state index in [9.17, 15) is 13.2 Å². The molecule has 1 aliphatic rings. The predicted octanol–water partition coefficient (Wildman–Crippen LogP) is 3.11. The number of aromatic nitrogens is 2. The molecule has 33 heavy (non-hydrogen) atoms. The number of amides is 1. The Labute approximate surface area is 199 Å². The Balaban J connectivity index is 1.41. The Morgan fingerprint density at radius 3 is 2.52 bits per heavy atom. The first-order valence-corrected chi connectivity index (χ1v) is 13.6. The van der Waals surface area contributed by atoms with Gasteiger partial charge in [-0.2, -0.15) is 4.31 Å². The zero-order chi connectivity index (χ0) is 23.4. The van der Waals surface area contributed by atoms with Crippen LogP contribution in [0.25, 0.3) is 11.0 Å². The zero-order valence-electron chi connectivity index (χ0n) is 18.9. The van der Waals surface area contributed by atoms with Crippen LogP contribution in [0.4, 0.5) is 5.69 Å². The Morgan fingerprint density at radius 2 is 1.79 bits per heavy atom. The van der Waals surface area contributed by atoms with E-state index >= 15 is 0 Å². The lowest BCUT2D eigenvalue weighted by Gasteiger charge is -2.33. The van der Waals surface area contributed by atoms with Crippen LogP contribution < -0.4 is 5.32 Å². The van der Waals surface area contributed by atoms with Crippen LogP contribution in [0.3, 0.4) is 0 Å². The van der Waals surface area contributed by atoms with Crippen LogP contribution >= 0.6 is 11.8 Å². The minimum Gasteiger partial charge on any atom is -0.325 e. The molecule has 8 nitrogen and oxygen atoms in total. The third-order valence-electron chi connectivity index (χ3n) is 5.80. The molecular weight excluding hydrogens is 458 g/mol. The number of rotatable bonds is 8. The summed E-state index contributed by atoms with van der Waals surface area (Å²) in [5.41, 5.74) is 2.42. The second-order valence-electron chi connectivity index (χ2n) is 7.83. The third-order valence-corrected chi connectivity index (χ3v) is 8.67. The number of nitrogens with zero attached hydrogens (tertiary/aromatic N) is 4. The first-order valence-electron chi connectivity index (χ1n) is 11.1. The van der Waals surface area contributed by atoms with E-state index in [2.05, 4.69) is 26.7 Å². The van der Waals surface area contributed by atoms with Crippen molar-refractivity contribution < 1.29 is 13.2 Å².